The van der Waals surface area contributed by atoms with Crippen molar-refractivity contribution < 1.29 is 18.7 Å². The highest BCUT2D eigenvalue weighted by atomic mass is 16.5. The SMILES string of the molecule is CCOCC(=O)N1CCC[C@H](c2ncc(Cc3cccc(OC)c3)o2)C1. The Morgan fingerprint density at radius 1 is 1.42 bits per heavy atom. The average Bonchev–Trinajstić information content (AvgIpc) is 3.15. The number of amides is 1. The van der Waals surface area contributed by atoms with Crippen molar-refractivity contribution in [2.45, 2.75) is 32.1 Å². The first kappa shape index (κ1) is 18.5. The third kappa shape index (κ3) is 4.64. The second kappa shape index (κ2) is 8.85. The molecule has 1 aromatic carbocycles. The highest BCUT2D eigenvalue weighted by Gasteiger charge is 2.27. The summed E-state index contributed by atoms with van der Waals surface area (Å²) >= 11 is 0. The second-order valence-corrected chi connectivity index (χ2v) is 6.51. The number of carbonyl (C=O) groups is 1. The molecular weight excluding hydrogens is 332 g/mol. The normalized spacial score (nSPS) is 17.3. The molecule has 0 aliphatic carbocycles. The lowest BCUT2D eigenvalue weighted by Crippen LogP contribution is -2.41. The van der Waals surface area contributed by atoms with Crippen molar-refractivity contribution in [2.24, 2.45) is 0 Å². The minimum Gasteiger partial charge on any atom is -0.497 e. The third-order valence-corrected chi connectivity index (χ3v) is 4.64. The molecule has 0 radical (unpaired) electrons. The van der Waals surface area contributed by atoms with Gasteiger partial charge in [0.2, 0.25) is 5.91 Å². The van der Waals surface area contributed by atoms with Gasteiger partial charge in [-0.15, -0.1) is 0 Å². The van der Waals surface area contributed by atoms with Gasteiger partial charge in [-0.25, -0.2) is 4.98 Å². The molecule has 0 N–H and O–H groups in total. The minimum absolute atomic E-state index is 0.0414. The number of hydrogen-bond acceptors (Lipinski definition) is 5. The molecule has 1 aliphatic heterocycles. The molecule has 0 unspecified atom stereocenters. The predicted octanol–water partition coefficient (Wildman–Crippen LogP) is 3.02. The first-order valence-corrected chi connectivity index (χ1v) is 9.12. The van der Waals surface area contributed by atoms with E-state index in [-0.39, 0.29) is 18.4 Å². The van der Waals surface area contributed by atoms with Crippen LogP contribution in [0.4, 0.5) is 0 Å². The zero-order valence-electron chi connectivity index (χ0n) is 15.4. The van der Waals surface area contributed by atoms with Crippen LogP contribution in [-0.2, 0) is 16.0 Å². The smallest absolute Gasteiger partial charge is 0.248 e. The molecule has 26 heavy (non-hydrogen) atoms. The maximum atomic E-state index is 12.2. The Kier molecular flexibility index (Phi) is 6.28. The summed E-state index contributed by atoms with van der Waals surface area (Å²) in [6.07, 6.45) is 4.40. The number of carbonyl (C=O) groups excluding carboxylic acids is 1. The summed E-state index contributed by atoms with van der Waals surface area (Å²) in [4.78, 5) is 18.5. The number of benzene rings is 1. The molecule has 140 valence electrons. The van der Waals surface area contributed by atoms with Crippen molar-refractivity contribution in [3.05, 3.63) is 47.7 Å². The summed E-state index contributed by atoms with van der Waals surface area (Å²) in [7, 11) is 1.66. The molecule has 0 saturated carbocycles. The highest BCUT2D eigenvalue weighted by Crippen LogP contribution is 2.27. The Labute approximate surface area is 154 Å². The summed E-state index contributed by atoms with van der Waals surface area (Å²) in [5.74, 6) is 2.56. The van der Waals surface area contributed by atoms with E-state index < -0.39 is 0 Å². The average molecular weight is 358 g/mol. The Balaban J connectivity index is 1.62. The van der Waals surface area contributed by atoms with Crippen LogP contribution in [0.3, 0.4) is 0 Å². The lowest BCUT2D eigenvalue weighted by molar-refractivity contribution is -0.137. The van der Waals surface area contributed by atoms with Crippen molar-refractivity contribution in [1.82, 2.24) is 9.88 Å². The number of ether oxygens (including phenoxy) is 2. The molecule has 6 nitrogen and oxygen atoms in total. The molecule has 1 fully saturated rings. The zero-order valence-corrected chi connectivity index (χ0v) is 15.4. The van der Waals surface area contributed by atoms with Crippen LogP contribution < -0.4 is 4.74 Å². The van der Waals surface area contributed by atoms with Gasteiger partial charge in [0, 0.05) is 26.1 Å². The maximum Gasteiger partial charge on any atom is 0.248 e. The van der Waals surface area contributed by atoms with E-state index in [0.29, 0.717) is 19.6 Å². The Morgan fingerprint density at radius 2 is 2.31 bits per heavy atom. The first-order valence-electron chi connectivity index (χ1n) is 9.12. The van der Waals surface area contributed by atoms with E-state index in [4.69, 9.17) is 13.9 Å². The summed E-state index contributed by atoms with van der Waals surface area (Å²) < 4.78 is 16.5. The third-order valence-electron chi connectivity index (χ3n) is 4.64. The fraction of sp³-hybridized carbons (Fsp3) is 0.500. The van der Waals surface area contributed by atoms with E-state index >= 15 is 0 Å². The van der Waals surface area contributed by atoms with Crippen LogP contribution in [-0.4, -0.2) is 49.2 Å². The highest BCUT2D eigenvalue weighted by molar-refractivity contribution is 5.77. The van der Waals surface area contributed by atoms with E-state index in [2.05, 4.69) is 4.98 Å². The fourth-order valence-electron chi connectivity index (χ4n) is 3.26. The van der Waals surface area contributed by atoms with E-state index in [1.54, 1.807) is 13.3 Å². The number of aromatic nitrogens is 1. The van der Waals surface area contributed by atoms with Gasteiger partial charge in [0.05, 0.1) is 19.2 Å². The van der Waals surface area contributed by atoms with E-state index in [1.165, 1.54) is 0 Å². The van der Waals surface area contributed by atoms with Crippen molar-refractivity contribution in [1.29, 1.82) is 0 Å². The Bertz CT molecular complexity index is 728. The number of methoxy groups -OCH3 is 1. The second-order valence-electron chi connectivity index (χ2n) is 6.51. The lowest BCUT2D eigenvalue weighted by Gasteiger charge is -2.31. The van der Waals surface area contributed by atoms with Crippen LogP contribution in [0.1, 0.15) is 42.9 Å². The number of nitrogens with zero attached hydrogens (tertiary/aromatic N) is 2. The number of likely N-dealkylation sites (tertiary alicyclic amines) is 1. The van der Waals surface area contributed by atoms with Crippen LogP contribution in [0.5, 0.6) is 5.75 Å². The molecule has 0 spiro atoms. The van der Waals surface area contributed by atoms with Gasteiger partial charge in [0.15, 0.2) is 5.89 Å². The quantitative estimate of drug-likeness (QED) is 0.761. The van der Waals surface area contributed by atoms with Crippen molar-refractivity contribution >= 4 is 5.91 Å². The van der Waals surface area contributed by atoms with Crippen molar-refractivity contribution in [3.63, 3.8) is 0 Å². The summed E-state index contributed by atoms with van der Waals surface area (Å²) in [6, 6.07) is 7.93. The number of piperidine rings is 1. The van der Waals surface area contributed by atoms with Crippen LogP contribution in [0.15, 0.2) is 34.9 Å². The van der Waals surface area contributed by atoms with Gasteiger partial charge in [-0.2, -0.15) is 0 Å². The van der Waals surface area contributed by atoms with Gasteiger partial charge >= 0.3 is 0 Å². The minimum atomic E-state index is 0.0414. The van der Waals surface area contributed by atoms with Gasteiger partial charge in [-0.05, 0) is 37.5 Å². The van der Waals surface area contributed by atoms with E-state index in [1.807, 2.05) is 36.1 Å². The summed E-state index contributed by atoms with van der Waals surface area (Å²) in [6.45, 7) is 4.01. The van der Waals surface area contributed by atoms with Gasteiger partial charge in [-0.1, -0.05) is 12.1 Å². The standard InChI is InChI=1S/C20H26N2O4/c1-3-25-14-19(23)22-9-5-7-16(13-22)20-21-12-18(26-20)11-15-6-4-8-17(10-15)24-2/h4,6,8,10,12,16H,3,5,7,9,11,13-14H2,1-2H3/t16-/m0/s1. The van der Waals surface area contributed by atoms with Crippen LogP contribution in [0, 0.1) is 0 Å². The molecule has 6 heteroatoms. The largest absolute Gasteiger partial charge is 0.497 e. The molecule has 3 rings (SSSR count). The lowest BCUT2D eigenvalue weighted by atomic mass is 9.98. The molecule has 1 saturated heterocycles. The van der Waals surface area contributed by atoms with Crippen LogP contribution in [0.2, 0.25) is 0 Å². The van der Waals surface area contributed by atoms with Crippen molar-refractivity contribution in [3.8, 4) is 5.75 Å². The first-order chi connectivity index (χ1) is 12.7. The monoisotopic (exact) mass is 358 g/mol. The predicted molar refractivity (Wildman–Crippen MR) is 97.4 cm³/mol. The molecule has 1 aromatic heterocycles. The summed E-state index contributed by atoms with van der Waals surface area (Å²) in [5.41, 5.74) is 1.12. The molecule has 1 amide bonds. The fourth-order valence-corrected chi connectivity index (χ4v) is 3.26. The van der Waals surface area contributed by atoms with Crippen LogP contribution >= 0.6 is 0 Å². The molecule has 2 aromatic rings. The van der Waals surface area contributed by atoms with Crippen molar-refractivity contribution in [2.75, 3.05) is 33.4 Å². The van der Waals surface area contributed by atoms with E-state index in [9.17, 15) is 4.79 Å². The van der Waals surface area contributed by atoms with Gasteiger partial charge in [0.1, 0.15) is 18.1 Å². The Morgan fingerprint density at radius 3 is 3.12 bits per heavy atom. The van der Waals surface area contributed by atoms with Gasteiger partial charge in [-0.3, -0.25) is 4.79 Å². The Hall–Kier alpha value is -2.34. The molecule has 0 bridgehead atoms. The number of oxazole rings is 1. The zero-order chi connectivity index (χ0) is 18.4. The summed E-state index contributed by atoms with van der Waals surface area (Å²) in [5, 5.41) is 0. The number of rotatable bonds is 7. The molecule has 2 heterocycles. The molecular formula is C20H26N2O4. The number of hydrogen-bond donors (Lipinski definition) is 0. The molecule has 1 aliphatic rings. The topological polar surface area (TPSA) is 64.8 Å². The molecule has 1 atom stereocenters. The van der Waals surface area contributed by atoms with Gasteiger partial charge < -0.3 is 18.8 Å². The van der Waals surface area contributed by atoms with E-state index in [0.717, 1.165) is 42.4 Å². The maximum absolute atomic E-state index is 12.2. The van der Waals surface area contributed by atoms with Gasteiger partial charge in [0.25, 0.3) is 0 Å². The van der Waals surface area contributed by atoms with Crippen LogP contribution in [0.25, 0.3) is 0 Å².